The number of carbonyl (C=O) groups is 2. The molecule has 0 radical (unpaired) electrons. The van der Waals surface area contributed by atoms with Gasteiger partial charge in [0, 0.05) is 18.0 Å². The van der Waals surface area contributed by atoms with Gasteiger partial charge in [0.1, 0.15) is 6.54 Å². The van der Waals surface area contributed by atoms with Gasteiger partial charge in [0.15, 0.2) is 5.76 Å². The van der Waals surface area contributed by atoms with Crippen LogP contribution in [-0.4, -0.2) is 41.2 Å². The first-order valence-electron chi connectivity index (χ1n) is 10.8. The van der Waals surface area contributed by atoms with Gasteiger partial charge in [-0.2, -0.15) is 0 Å². The topological polar surface area (TPSA) is 53.8 Å². The summed E-state index contributed by atoms with van der Waals surface area (Å²) in [4.78, 5) is 31.5. The van der Waals surface area contributed by atoms with Gasteiger partial charge < -0.3 is 14.2 Å². The van der Waals surface area contributed by atoms with Crippen LogP contribution in [0.5, 0.6) is 0 Å². The van der Waals surface area contributed by atoms with Crippen LogP contribution in [0.1, 0.15) is 57.9 Å². The van der Waals surface area contributed by atoms with E-state index in [2.05, 4.69) is 37.4 Å². The summed E-state index contributed by atoms with van der Waals surface area (Å²) in [6.45, 7) is 5.42. The number of fused-ring (bicyclic) bond motifs is 1. The van der Waals surface area contributed by atoms with Gasteiger partial charge in [-0.25, -0.2) is 0 Å². The minimum atomic E-state index is -0.229. The summed E-state index contributed by atoms with van der Waals surface area (Å²) in [5, 5.41) is 2.11. The zero-order chi connectivity index (χ0) is 21.8. The van der Waals surface area contributed by atoms with Gasteiger partial charge in [-0.05, 0) is 60.0 Å². The first kappa shape index (κ1) is 21.4. The Balaban J connectivity index is 1.62. The fourth-order valence-corrected chi connectivity index (χ4v) is 5.13. The lowest BCUT2D eigenvalue weighted by Crippen LogP contribution is -2.47. The fraction of sp³-hybridized carbons (Fsp3) is 0.360. The summed E-state index contributed by atoms with van der Waals surface area (Å²) in [6, 6.07) is 13.6. The molecule has 6 heteroatoms. The van der Waals surface area contributed by atoms with Crippen LogP contribution in [0.2, 0.25) is 0 Å². The first-order chi connectivity index (χ1) is 15.1. The van der Waals surface area contributed by atoms with Crippen LogP contribution in [0.25, 0.3) is 0 Å². The molecule has 1 atom stereocenters. The number of thiophene rings is 1. The van der Waals surface area contributed by atoms with Gasteiger partial charge in [-0.1, -0.05) is 37.6 Å². The molecular weight excluding hydrogens is 408 g/mol. The second-order valence-electron chi connectivity index (χ2n) is 7.95. The molecule has 2 amide bonds. The highest BCUT2D eigenvalue weighted by molar-refractivity contribution is 7.10. The molecule has 0 saturated heterocycles. The van der Waals surface area contributed by atoms with E-state index in [1.165, 1.54) is 22.3 Å². The van der Waals surface area contributed by atoms with E-state index in [1.54, 1.807) is 28.4 Å². The zero-order valence-corrected chi connectivity index (χ0v) is 18.9. The number of rotatable bonds is 7. The first-order valence-corrected chi connectivity index (χ1v) is 11.7. The van der Waals surface area contributed by atoms with Crippen LogP contribution in [-0.2, 0) is 11.2 Å². The molecule has 1 unspecified atom stereocenters. The van der Waals surface area contributed by atoms with Crippen LogP contribution >= 0.6 is 11.3 Å². The molecule has 2 aromatic heterocycles. The molecule has 0 N–H and O–H groups in total. The summed E-state index contributed by atoms with van der Waals surface area (Å²) in [7, 11) is 0. The Kier molecular flexibility index (Phi) is 6.56. The molecule has 3 heterocycles. The molecule has 5 nitrogen and oxygen atoms in total. The van der Waals surface area contributed by atoms with Crippen molar-refractivity contribution in [3.63, 3.8) is 0 Å². The molecule has 0 bridgehead atoms. The third-order valence-electron chi connectivity index (χ3n) is 5.90. The van der Waals surface area contributed by atoms with E-state index in [0.717, 1.165) is 24.8 Å². The van der Waals surface area contributed by atoms with Crippen LogP contribution in [0.3, 0.4) is 0 Å². The van der Waals surface area contributed by atoms with E-state index in [1.807, 2.05) is 17.0 Å². The zero-order valence-electron chi connectivity index (χ0n) is 18.0. The highest BCUT2D eigenvalue weighted by atomic mass is 32.1. The van der Waals surface area contributed by atoms with Crippen molar-refractivity contribution in [2.24, 2.45) is 0 Å². The second kappa shape index (κ2) is 9.52. The highest BCUT2D eigenvalue weighted by Crippen LogP contribution is 2.39. The largest absolute Gasteiger partial charge is 0.459 e. The monoisotopic (exact) mass is 436 g/mol. The molecule has 1 aromatic carbocycles. The number of hydrogen-bond donors (Lipinski definition) is 0. The lowest BCUT2D eigenvalue weighted by Gasteiger charge is -2.38. The third-order valence-corrected chi connectivity index (χ3v) is 6.89. The Labute approximate surface area is 187 Å². The van der Waals surface area contributed by atoms with E-state index in [4.69, 9.17) is 4.42 Å². The van der Waals surface area contributed by atoms with Gasteiger partial charge in [0.25, 0.3) is 5.91 Å². The second-order valence-corrected chi connectivity index (χ2v) is 8.95. The smallest absolute Gasteiger partial charge is 0.290 e. The summed E-state index contributed by atoms with van der Waals surface area (Å²) >= 11 is 1.76. The molecule has 0 spiro atoms. The van der Waals surface area contributed by atoms with Gasteiger partial charge in [-0.15, -0.1) is 11.3 Å². The molecule has 0 fully saturated rings. The molecule has 1 aliphatic rings. The van der Waals surface area contributed by atoms with Crippen molar-refractivity contribution in [1.29, 1.82) is 0 Å². The van der Waals surface area contributed by atoms with Gasteiger partial charge in [0.05, 0.1) is 12.3 Å². The molecule has 3 aromatic rings. The maximum atomic E-state index is 13.6. The van der Waals surface area contributed by atoms with Crippen LogP contribution in [0.4, 0.5) is 0 Å². The van der Waals surface area contributed by atoms with Crippen molar-refractivity contribution in [2.75, 3.05) is 19.6 Å². The summed E-state index contributed by atoms with van der Waals surface area (Å²) < 4.78 is 5.31. The normalized spacial score (nSPS) is 15.5. The predicted octanol–water partition coefficient (Wildman–Crippen LogP) is 5.07. The van der Waals surface area contributed by atoms with Crippen molar-refractivity contribution in [2.45, 2.75) is 39.2 Å². The fourth-order valence-electron chi connectivity index (χ4n) is 4.23. The maximum absolute atomic E-state index is 13.6. The number of benzene rings is 1. The van der Waals surface area contributed by atoms with E-state index in [9.17, 15) is 9.59 Å². The Hall–Kier alpha value is -2.86. The number of nitrogens with zero attached hydrogens (tertiary/aromatic N) is 2. The lowest BCUT2D eigenvalue weighted by molar-refractivity contribution is -0.134. The maximum Gasteiger partial charge on any atom is 0.290 e. The Morgan fingerprint density at radius 2 is 2.00 bits per heavy atom. The molecule has 0 saturated carbocycles. The van der Waals surface area contributed by atoms with Crippen LogP contribution in [0.15, 0.2) is 58.5 Å². The van der Waals surface area contributed by atoms with Crippen LogP contribution in [0, 0.1) is 6.92 Å². The quantitative estimate of drug-likeness (QED) is 0.520. The number of amides is 2. The number of aryl methyl sites for hydroxylation is 1. The molecule has 1 aliphatic heterocycles. The summed E-state index contributed by atoms with van der Waals surface area (Å²) in [5.41, 5.74) is 3.52. The van der Waals surface area contributed by atoms with Crippen molar-refractivity contribution < 1.29 is 14.0 Å². The average Bonchev–Trinajstić information content (AvgIpc) is 3.48. The Morgan fingerprint density at radius 1 is 1.16 bits per heavy atom. The minimum Gasteiger partial charge on any atom is -0.459 e. The number of hydrogen-bond acceptors (Lipinski definition) is 4. The van der Waals surface area contributed by atoms with Crippen molar-refractivity contribution in [3.05, 3.63) is 81.4 Å². The highest BCUT2D eigenvalue weighted by Gasteiger charge is 2.34. The molecule has 31 heavy (non-hydrogen) atoms. The number of furan rings is 1. The number of unbranched alkanes of at least 4 members (excludes halogenated alkanes) is 1. The third kappa shape index (κ3) is 4.44. The lowest BCUT2D eigenvalue weighted by atomic mass is 9.90. The molecule has 162 valence electrons. The Bertz CT molecular complexity index is 1040. The van der Waals surface area contributed by atoms with E-state index >= 15 is 0 Å². The summed E-state index contributed by atoms with van der Waals surface area (Å²) in [6.07, 6.45) is 4.13. The predicted molar refractivity (Wildman–Crippen MR) is 122 cm³/mol. The van der Waals surface area contributed by atoms with Crippen molar-refractivity contribution in [3.8, 4) is 0 Å². The minimum absolute atomic E-state index is 0.0267. The van der Waals surface area contributed by atoms with Crippen LogP contribution < -0.4 is 0 Å². The average molecular weight is 437 g/mol. The molecule has 0 aliphatic carbocycles. The van der Waals surface area contributed by atoms with Gasteiger partial charge >= 0.3 is 0 Å². The molecule has 4 rings (SSSR count). The van der Waals surface area contributed by atoms with Gasteiger partial charge in [0.2, 0.25) is 5.91 Å². The van der Waals surface area contributed by atoms with E-state index in [0.29, 0.717) is 13.1 Å². The standard InChI is InChI=1S/C25H28N2O3S/c1-3-4-13-26(25(29)21-10-7-15-30-21)17-23(28)27-14-11-22-20(12-16-31-22)24(27)19-9-6-5-8-18(19)2/h5-10,12,15-16,24H,3-4,11,13-14,17H2,1-2H3. The van der Waals surface area contributed by atoms with E-state index < -0.39 is 0 Å². The van der Waals surface area contributed by atoms with Gasteiger partial charge in [-0.3, -0.25) is 9.59 Å². The summed E-state index contributed by atoms with van der Waals surface area (Å²) in [5.74, 6) is 0.0201. The SMILES string of the molecule is CCCCN(CC(=O)N1CCc2sccc2C1c1ccccc1C)C(=O)c1ccco1. The number of carbonyl (C=O) groups excluding carboxylic acids is 2. The Morgan fingerprint density at radius 3 is 2.74 bits per heavy atom. The van der Waals surface area contributed by atoms with Crippen molar-refractivity contribution >= 4 is 23.2 Å². The van der Waals surface area contributed by atoms with E-state index in [-0.39, 0.29) is 30.2 Å². The molecular formula is C25H28N2O3S. The van der Waals surface area contributed by atoms with Crippen molar-refractivity contribution in [1.82, 2.24) is 9.80 Å².